The van der Waals surface area contributed by atoms with Crippen molar-refractivity contribution in [3.05, 3.63) is 48.6 Å². The number of carbonyl (C=O) groups excluding carboxylic acids is 1. The Morgan fingerprint density at radius 3 is 2.63 bits per heavy atom. The van der Waals surface area contributed by atoms with Crippen LogP contribution in [0.25, 0.3) is 0 Å². The summed E-state index contributed by atoms with van der Waals surface area (Å²) in [5, 5.41) is 9.25. The molecule has 0 N–H and O–H groups in total. The number of nitriles is 1. The van der Waals surface area contributed by atoms with E-state index in [-0.39, 0.29) is 24.3 Å². The van der Waals surface area contributed by atoms with E-state index in [1.807, 2.05) is 11.0 Å². The van der Waals surface area contributed by atoms with Crippen molar-refractivity contribution in [2.75, 3.05) is 26.2 Å². The number of piperidine rings is 1. The maximum atomic E-state index is 12.8. The van der Waals surface area contributed by atoms with E-state index in [2.05, 4.69) is 41.8 Å². The summed E-state index contributed by atoms with van der Waals surface area (Å²) in [6, 6.07) is 13.1. The molecule has 2 unspecified atom stereocenters. The Labute approximate surface area is 180 Å². The Balaban J connectivity index is 1.36. The van der Waals surface area contributed by atoms with Gasteiger partial charge < -0.3 is 9.64 Å². The lowest BCUT2D eigenvalue weighted by Crippen LogP contribution is -2.56. The van der Waals surface area contributed by atoms with Crippen LogP contribution in [0.15, 0.2) is 43.0 Å². The molecule has 1 heterocycles. The Morgan fingerprint density at radius 2 is 2.03 bits per heavy atom. The van der Waals surface area contributed by atoms with Crippen molar-refractivity contribution in [1.29, 1.82) is 5.26 Å². The summed E-state index contributed by atoms with van der Waals surface area (Å²) in [5.41, 5.74) is 1.44. The van der Waals surface area contributed by atoms with E-state index in [4.69, 9.17) is 4.74 Å². The predicted molar refractivity (Wildman–Crippen MR) is 117 cm³/mol. The van der Waals surface area contributed by atoms with Gasteiger partial charge in [0, 0.05) is 24.0 Å². The van der Waals surface area contributed by atoms with Gasteiger partial charge in [-0.1, -0.05) is 43.0 Å². The molecule has 0 bridgehead atoms. The van der Waals surface area contributed by atoms with Gasteiger partial charge in [0.1, 0.15) is 6.61 Å². The molecule has 3 aliphatic rings. The van der Waals surface area contributed by atoms with Crippen LogP contribution in [0.3, 0.4) is 0 Å². The highest BCUT2D eigenvalue weighted by molar-refractivity contribution is 5.69. The van der Waals surface area contributed by atoms with Crippen LogP contribution < -0.4 is 0 Å². The Hall–Kier alpha value is -2.32. The molecular formula is C25H33N3O2. The normalized spacial score (nSPS) is 25.6. The SMILES string of the molecule is C=CCOC(=O)N(CC1CCN(C2(CC#N)CCC2)CC1)C1CC1c1ccccc1. The lowest BCUT2D eigenvalue weighted by molar-refractivity contribution is -0.00944. The standard InChI is InChI=1S/C25H33N3O2/c1-2-17-30-24(29)28(23-18-22(23)21-7-4-3-5-8-21)19-20-9-15-27(16-10-20)25(13-14-26)11-6-12-25/h2-5,7-8,20,22-23H,1,6,9-13,15-19H2. The van der Waals surface area contributed by atoms with Crippen LogP contribution in [-0.2, 0) is 4.74 Å². The molecule has 1 aromatic carbocycles. The molecule has 1 amide bonds. The first kappa shape index (κ1) is 20.9. The number of carbonyl (C=O) groups is 1. The number of rotatable bonds is 8. The molecule has 2 saturated carbocycles. The number of amides is 1. The fourth-order valence-electron chi connectivity index (χ4n) is 5.35. The first-order valence-electron chi connectivity index (χ1n) is 11.4. The van der Waals surface area contributed by atoms with Gasteiger partial charge in [-0.3, -0.25) is 4.90 Å². The van der Waals surface area contributed by atoms with E-state index < -0.39 is 0 Å². The number of hydrogen-bond acceptors (Lipinski definition) is 4. The summed E-state index contributed by atoms with van der Waals surface area (Å²) in [7, 11) is 0. The third-order valence-electron chi connectivity index (χ3n) is 7.38. The van der Waals surface area contributed by atoms with Crippen molar-refractivity contribution in [2.45, 2.75) is 62.4 Å². The Kier molecular flexibility index (Phi) is 6.43. The summed E-state index contributed by atoms with van der Waals surface area (Å²) < 4.78 is 5.44. The second-order valence-electron chi connectivity index (χ2n) is 9.18. The molecule has 0 aromatic heterocycles. The molecule has 0 radical (unpaired) electrons. The predicted octanol–water partition coefficient (Wildman–Crippen LogP) is 4.72. The molecule has 3 fully saturated rings. The third-order valence-corrected chi connectivity index (χ3v) is 7.38. The van der Waals surface area contributed by atoms with Gasteiger partial charge in [0.05, 0.1) is 12.5 Å². The van der Waals surface area contributed by atoms with Crippen LogP contribution in [0.2, 0.25) is 0 Å². The fraction of sp³-hybridized carbons (Fsp3) is 0.600. The van der Waals surface area contributed by atoms with Gasteiger partial charge in [-0.2, -0.15) is 5.26 Å². The van der Waals surface area contributed by atoms with Crippen LogP contribution in [0, 0.1) is 17.2 Å². The van der Waals surface area contributed by atoms with Crippen molar-refractivity contribution in [3.8, 4) is 6.07 Å². The first-order valence-corrected chi connectivity index (χ1v) is 11.4. The van der Waals surface area contributed by atoms with E-state index in [0.29, 0.717) is 18.3 Å². The highest BCUT2D eigenvalue weighted by Gasteiger charge is 2.47. The zero-order valence-electron chi connectivity index (χ0n) is 17.8. The van der Waals surface area contributed by atoms with Gasteiger partial charge in [0.25, 0.3) is 0 Å². The average molecular weight is 408 g/mol. The van der Waals surface area contributed by atoms with Crippen molar-refractivity contribution in [2.24, 2.45) is 5.92 Å². The molecule has 1 saturated heterocycles. The van der Waals surface area contributed by atoms with Gasteiger partial charge >= 0.3 is 6.09 Å². The van der Waals surface area contributed by atoms with Crippen LogP contribution in [0.4, 0.5) is 4.79 Å². The van der Waals surface area contributed by atoms with Crippen molar-refractivity contribution in [3.63, 3.8) is 0 Å². The van der Waals surface area contributed by atoms with Crippen molar-refractivity contribution >= 4 is 6.09 Å². The van der Waals surface area contributed by atoms with Crippen molar-refractivity contribution < 1.29 is 9.53 Å². The monoisotopic (exact) mass is 407 g/mol. The van der Waals surface area contributed by atoms with Crippen LogP contribution in [0.1, 0.15) is 56.4 Å². The first-order chi connectivity index (χ1) is 14.7. The largest absolute Gasteiger partial charge is 0.445 e. The second-order valence-corrected chi connectivity index (χ2v) is 9.18. The Morgan fingerprint density at radius 1 is 1.30 bits per heavy atom. The molecule has 160 valence electrons. The summed E-state index contributed by atoms with van der Waals surface area (Å²) >= 11 is 0. The minimum Gasteiger partial charge on any atom is -0.445 e. The number of hydrogen-bond donors (Lipinski definition) is 0. The summed E-state index contributed by atoms with van der Waals surface area (Å²) in [6.45, 7) is 6.76. The summed E-state index contributed by atoms with van der Waals surface area (Å²) in [5.74, 6) is 0.908. The van der Waals surface area contributed by atoms with Crippen LogP contribution in [0.5, 0.6) is 0 Å². The minimum absolute atomic E-state index is 0.136. The van der Waals surface area contributed by atoms with Gasteiger partial charge in [-0.15, -0.1) is 0 Å². The highest BCUT2D eigenvalue weighted by atomic mass is 16.6. The van der Waals surface area contributed by atoms with E-state index in [1.54, 1.807) is 6.08 Å². The Bertz CT molecular complexity index is 775. The van der Waals surface area contributed by atoms with Gasteiger partial charge in [0.15, 0.2) is 0 Å². The van der Waals surface area contributed by atoms with Crippen LogP contribution >= 0.6 is 0 Å². The van der Waals surface area contributed by atoms with Gasteiger partial charge in [-0.25, -0.2) is 4.79 Å². The van der Waals surface area contributed by atoms with Crippen LogP contribution in [-0.4, -0.2) is 53.7 Å². The molecule has 2 atom stereocenters. The molecule has 1 aliphatic heterocycles. The van der Waals surface area contributed by atoms with E-state index >= 15 is 0 Å². The molecule has 1 aromatic rings. The highest BCUT2D eigenvalue weighted by Crippen LogP contribution is 2.46. The van der Waals surface area contributed by atoms with E-state index in [0.717, 1.165) is 51.7 Å². The molecule has 30 heavy (non-hydrogen) atoms. The van der Waals surface area contributed by atoms with E-state index in [1.165, 1.54) is 12.0 Å². The number of ether oxygens (including phenoxy) is 1. The number of benzene rings is 1. The maximum absolute atomic E-state index is 12.8. The lowest BCUT2D eigenvalue weighted by atomic mass is 9.72. The fourth-order valence-corrected chi connectivity index (χ4v) is 5.35. The smallest absolute Gasteiger partial charge is 0.410 e. The summed E-state index contributed by atoms with van der Waals surface area (Å²) in [4.78, 5) is 17.3. The summed E-state index contributed by atoms with van der Waals surface area (Å²) in [6.07, 6.45) is 8.81. The molecule has 5 heteroatoms. The molecular weight excluding hydrogens is 374 g/mol. The maximum Gasteiger partial charge on any atom is 0.410 e. The zero-order valence-corrected chi connectivity index (χ0v) is 17.8. The molecule has 0 spiro atoms. The van der Waals surface area contributed by atoms with Gasteiger partial charge in [0.2, 0.25) is 0 Å². The topological polar surface area (TPSA) is 56.6 Å². The van der Waals surface area contributed by atoms with E-state index in [9.17, 15) is 10.1 Å². The third kappa shape index (κ3) is 4.39. The second kappa shape index (κ2) is 9.22. The van der Waals surface area contributed by atoms with Crippen molar-refractivity contribution in [1.82, 2.24) is 9.80 Å². The molecule has 4 rings (SSSR count). The minimum atomic E-state index is -0.208. The quantitative estimate of drug-likeness (QED) is 0.585. The molecule has 5 nitrogen and oxygen atoms in total. The average Bonchev–Trinajstić information content (AvgIpc) is 3.54. The number of nitrogens with zero attached hydrogens (tertiary/aromatic N) is 3. The number of likely N-dealkylation sites (tertiary alicyclic amines) is 1. The molecule has 2 aliphatic carbocycles. The lowest BCUT2D eigenvalue weighted by Gasteiger charge is -2.52. The zero-order chi connectivity index (χ0) is 21.0. The van der Waals surface area contributed by atoms with Gasteiger partial charge in [-0.05, 0) is 63.1 Å².